The third kappa shape index (κ3) is 4.59. The average molecular weight is 514 g/mol. The average Bonchev–Trinajstić information content (AvgIpc) is 3.51. The lowest BCUT2D eigenvalue weighted by molar-refractivity contribution is -0.137. The summed E-state index contributed by atoms with van der Waals surface area (Å²) in [5, 5.41) is 14.8. The van der Waals surface area contributed by atoms with Gasteiger partial charge in [-0.1, -0.05) is 0 Å². The molecule has 0 unspecified atom stereocenters. The highest BCUT2D eigenvalue weighted by atomic mass is 19.4. The van der Waals surface area contributed by atoms with Crippen LogP contribution in [0.2, 0.25) is 0 Å². The van der Waals surface area contributed by atoms with Gasteiger partial charge in [-0.2, -0.15) is 32.8 Å². The molecule has 0 spiro atoms. The number of fused-ring (bicyclic) bond motifs is 1. The predicted molar refractivity (Wildman–Crippen MR) is 125 cm³/mol. The predicted octanol–water partition coefficient (Wildman–Crippen LogP) is 0.197. The van der Waals surface area contributed by atoms with Crippen molar-refractivity contribution < 1.29 is 18.3 Å². The summed E-state index contributed by atoms with van der Waals surface area (Å²) in [4.78, 5) is 38.1. The van der Waals surface area contributed by atoms with Crippen LogP contribution in [0.5, 0.6) is 5.88 Å². The van der Waals surface area contributed by atoms with Gasteiger partial charge in [-0.25, -0.2) is 14.8 Å². The highest BCUT2D eigenvalue weighted by molar-refractivity contribution is 5.57. The molecule has 5 heterocycles. The molecular formula is C22H21F3N10O2. The van der Waals surface area contributed by atoms with E-state index in [1.165, 1.54) is 10.7 Å². The van der Waals surface area contributed by atoms with Crippen LogP contribution in [0.1, 0.15) is 24.1 Å². The largest absolute Gasteiger partial charge is 0.493 e. The number of aromatic amines is 2. The molecule has 1 aliphatic carbocycles. The van der Waals surface area contributed by atoms with E-state index in [0.717, 1.165) is 25.0 Å². The SMILES string of the molecule is O=c1[nH]c(O)c(/C=c2/cnn3c(=NC4CC4)nc(N4CCN(c5cc(C(F)(F)F)ccn5)CC4)nc23)[nH]1. The molecule has 4 aromatic rings. The van der Waals surface area contributed by atoms with Gasteiger partial charge in [-0.05, 0) is 31.1 Å². The second kappa shape index (κ2) is 8.60. The molecule has 12 nitrogen and oxygen atoms in total. The number of H-pyrrole nitrogens is 2. The molecule has 3 N–H and O–H groups in total. The fraction of sp³-hybridized carbons (Fsp3) is 0.364. The van der Waals surface area contributed by atoms with Crippen molar-refractivity contribution in [1.82, 2.24) is 34.5 Å². The zero-order valence-electron chi connectivity index (χ0n) is 19.3. The van der Waals surface area contributed by atoms with Crippen LogP contribution in [-0.4, -0.2) is 71.9 Å². The Kier molecular flexibility index (Phi) is 5.35. The van der Waals surface area contributed by atoms with E-state index in [0.29, 0.717) is 48.6 Å². The maximum Gasteiger partial charge on any atom is 0.416 e. The lowest BCUT2D eigenvalue weighted by Crippen LogP contribution is -2.48. The van der Waals surface area contributed by atoms with E-state index in [9.17, 15) is 23.1 Å². The first kappa shape index (κ1) is 23.0. The fourth-order valence-corrected chi connectivity index (χ4v) is 4.11. The number of hydrogen-bond acceptors (Lipinski definition) is 9. The van der Waals surface area contributed by atoms with E-state index in [2.05, 4.69) is 35.0 Å². The van der Waals surface area contributed by atoms with Crippen LogP contribution in [0.25, 0.3) is 11.7 Å². The smallest absolute Gasteiger partial charge is 0.416 e. The summed E-state index contributed by atoms with van der Waals surface area (Å²) >= 11 is 0. The van der Waals surface area contributed by atoms with Gasteiger partial charge in [0.15, 0.2) is 5.65 Å². The Hall–Kier alpha value is -4.43. The Morgan fingerprint density at radius 1 is 1.11 bits per heavy atom. The van der Waals surface area contributed by atoms with Gasteiger partial charge in [0.2, 0.25) is 11.8 Å². The molecule has 1 aliphatic heterocycles. The molecule has 0 amide bonds. The van der Waals surface area contributed by atoms with Gasteiger partial charge in [-0.15, -0.1) is 0 Å². The summed E-state index contributed by atoms with van der Waals surface area (Å²) in [7, 11) is 0. The minimum Gasteiger partial charge on any atom is -0.493 e. The minimum absolute atomic E-state index is 0.163. The molecule has 37 heavy (non-hydrogen) atoms. The van der Waals surface area contributed by atoms with Crippen molar-refractivity contribution in [1.29, 1.82) is 0 Å². The number of halogens is 3. The number of rotatable bonds is 4. The van der Waals surface area contributed by atoms with Crippen molar-refractivity contribution in [3.05, 3.63) is 57.1 Å². The normalized spacial score (nSPS) is 17.8. The van der Waals surface area contributed by atoms with Crippen LogP contribution in [-0.2, 0) is 6.18 Å². The summed E-state index contributed by atoms with van der Waals surface area (Å²) < 4.78 is 40.9. The van der Waals surface area contributed by atoms with E-state index in [-0.39, 0.29) is 23.4 Å². The third-order valence-corrected chi connectivity index (χ3v) is 6.21. The second-order valence-electron chi connectivity index (χ2n) is 8.88. The Bertz CT molecular complexity index is 1650. The van der Waals surface area contributed by atoms with Crippen LogP contribution < -0.4 is 26.3 Å². The van der Waals surface area contributed by atoms with E-state index < -0.39 is 17.4 Å². The molecule has 4 aromatic heterocycles. The standard InChI is InChI=1S/C22H21F3N10O2/c23-22(24,25)13-3-4-26-16(10-13)33-5-7-34(8-6-33)19-30-17-12(9-15-18(36)31-21(37)29-15)11-27-35(17)20(32-19)28-14-1-2-14/h3-4,9-11,14,36H,1-2,5-8H2,(H2,29,31,37)/b12-9-,28-20?. The number of imidazole rings is 1. The number of hydrogen-bond donors (Lipinski definition) is 3. The van der Waals surface area contributed by atoms with Crippen molar-refractivity contribution in [3.63, 3.8) is 0 Å². The number of nitrogens with one attached hydrogen (secondary N) is 2. The lowest BCUT2D eigenvalue weighted by Gasteiger charge is -2.35. The number of nitrogens with zero attached hydrogens (tertiary/aromatic N) is 8. The Labute approximate surface area is 205 Å². The number of piperazine rings is 1. The second-order valence-corrected chi connectivity index (χ2v) is 8.88. The first-order valence-electron chi connectivity index (χ1n) is 11.6. The van der Waals surface area contributed by atoms with Crippen molar-refractivity contribution >= 4 is 23.5 Å². The molecule has 15 heteroatoms. The quantitative estimate of drug-likeness (QED) is 0.350. The Balaban J connectivity index is 1.33. The van der Waals surface area contributed by atoms with Gasteiger partial charge in [0.1, 0.15) is 11.5 Å². The summed E-state index contributed by atoms with van der Waals surface area (Å²) in [6.07, 6.45) is 1.74. The van der Waals surface area contributed by atoms with Crippen LogP contribution in [0.3, 0.4) is 0 Å². The number of aromatic nitrogens is 7. The van der Waals surface area contributed by atoms with E-state index in [1.54, 1.807) is 17.2 Å². The fourth-order valence-electron chi connectivity index (χ4n) is 4.11. The van der Waals surface area contributed by atoms with Crippen LogP contribution >= 0.6 is 0 Å². The van der Waals surface area contributed by atoms with Gasteiger partial charge in [0, 0.05) is 37.6 Å². The number of anilines is 2. The van der Waals surface area contributed by atoms with Crippen molar-refractivity contribution in [2.75, 3.05) is 36.0 Å². The van der Waals surface area contributed by atoms with Gasteiger partial charge in [0.25, 0.3) is 5.62 Å². The first-order valence-corrected chi connectivity index (χ1v) is 11.6. The van der Waals surface area contributed by atoms with Gasteiger partial charge < -0.3 is 19.9 Å². The van der Waals surface area contributed by atoms with Crippen molar-refractivity contribution in [3.8, 4) is 5.88 Å². The number of alkyl halides is 3. The van der Waals surface area contributed by atoms with Crippen molar-refractivity contribution in [2.24, 2.45) is 4.99 Å². The molecule has 0 aromatic carbocycles. The maximum atomic E-state index is 13.1. The topological polar surface area (TPSA) is 144 Å². The minimum atomic E-state index is -4.44. The maximum absolute atomic E-state index is 13.1. The van der Waals surface area contributed by atoms with E-state index in [1.807, 2.05) is 4.90 Å². The third-order valence-electron chi connectivity index (χ3n) is 6.21. The highest BCUT2D eigenvalue weighted by Gasteiger charge is 2.32. The number of aromatic hydroxyl groups is 1. The summed E-state index contributed by atoms with van der Waals surface area (Å²) in [5.74, 6) is 0.370. The zero-order chi connectivity index (χ0) is 25.7. The van der Waals surface area contributed by atoms with Crippen LogP contribution in [0, 0.1) is 0 Å². The summed E-state index contributed by atoms with van der Waals surface area (Å²) in [6.45, 7) is 1.76. The van der Waals surface area contributed by atoms with Gasteiger partial charge in [0.05, 0.1) is 17.8 Å². The summed E-state index contributed by atoms with van der Waals surface area (Å²) in [6, 6.07) is 2.17. The lowest BCUT2D eigenvalue weighted by atomic mass is 10.2. The molecule has 1 saturated carbocycles. The molecule has 2 fully saturated rings. The molecule has 0 atom stereocenters. The Morgan fingerprint density at radius 3 is 2.54 bits per heavy atom. The molecule has 2 aliphatic rings. The highest BCUT2D eigenvalue weighted by Crippen LogP contribution is 2.31. The van der Waals surface area contributed by atoms with Gasteiger partial charge >= 0.3 is 11.9 Å². The Morgan fingerprint density at radius 2 is 1.86 bits per heavy atom. The van der Waals surface area contributed by atoms with E-state index in [4.69, 9.17) is 0 Å². The molecule has 1 saturated heterocycles. The zero-order valence-corrected chi connectivity index (χ0v) is 19.3. The summed E-state index contributed by atoms with van der Waals surface area (Å²) in [5.41, 5.74) is -0.279. The molecular weight excluding hydrogens is 493 g/mol. The number of pyridine rings is 1. The molecule has 0 radical (unpaired) electrons. The van der Waals surface area contributed by atoms with Gasteiger partial charge in [-0.3, -0.25) is 4.98 Å². The molecule has 0 bridgehead atoms. The van der Waals surface area contributed by atoms with Crippen LogP contribution in [0.15, 0.2) is 34.3 Å². The molecule has 192 valence electrons. The first-order chi connectivity index (χ1) is 17.7. The van der Waals surface area contributed by atoms with E-state index >= 15 is 0 Å². The molecule has 6 rings (SSSR count). The monoisotopic (exact) mass is 514 g/mol. The van der Waals surface area contributed by atoms with Crippen molar-refractivity contribution in [2.45, 2.75) is 25.1 Å². The van der Waals surface area contributed by atoms with Crippen LogP contribution in [0.4, 0.5) is 24.9 Å².